The van der Waals surface area contributed by atoms with E-state index in [9.17, 15) is 18.0 Å². The van der Waals surface area contributed by atoms with Crippen LogP contribution in [-0.2, 0) is 18.0 Å². The van der Waals surface area contributed by atoms with E-state index in [0.29, 0.717) is 5.65 Å². The van der Waals surface area contributed by atoms with Gasteiger partial charge in [0.25, 0.3) is 0 Å². The number of fused-ring (bicyclic) bond motifs is 1. The first-order valence-electron chi connectivity index (χ1n) is 6.91. The zero-order valence-corrected chi connectivity index (χ0v) is 13.0. The molecule has 0 N–H and O–H groups in total. The number of aromatic nitrogens is 4. The lowest BCUT2D eigenvalue weighted by Gasteiger charge is -2.11. The Labute approximate surface area is 134 Å². The van der Waals surface area contributed by atoms with Gasteiger partial charge in [-0.05, 0) is 18.6 Å². The molecule has 0 spiro atoms. The molecule has 9 heteroatoms. The summed E-state index contributed by atoms with van der Waals surface area (Å²) in [6, 6.07) is 3.17. The quantitative estimate of drug-likeness (QED) is 0.674. The topological polar surface area (TPSA) is 61.4 Å². The van der Waals surface area contributed by atoms with E-state index in [1.54, 1.807) is 19.2 Å². The highest BCUT2D eigenvalue weighted by molar-refractivity contribution is 5.91. The van der Waals surface area contributed by atoms with Gasteiger partial charge in [0, 0.05) is 19.4 Å². The van der Waals surface area contributed by atoms with E-state index >= 15 is 0 Å². The van der Waals surface area contributed by atoms with E-state index in [4.69, 9.17) is 0 Å². The number of halogens is 3. The summed E-state index contributed by atoms with van der Waals surface area (Å²) in [6.45, 7) is 1.80. The third kappa shape index (κ3) is 2.32. The highest BCUT2D eigenvalue weighted by Crippen LogP contribution is 2.39. The number of hydrogen-bond donors (Lipinski definition) is 0. The molecule has 0 unspecified atom stereocenters. The van der Waals surface area contributed by atoms with Crippen molar-refractivity contribution in [3.05, 3.63) is 41.3 Å². The summed E-state index contributed by atoms with van der Waals surface area (Å²) in [4.78, 5) is 15.9. The van der Waals surface area contributed by atoms with Crippen LogP contribution in [0.2, 0.25) is 0 Å². The van der Waals surface area contributed by atoms with Crippen LogP contribution in [0.25, 0.3) is 17.0 Å². The molecule has 3 rings (SSSR count). The molecule has 0 fully saturated rings. The first-order valence-corrected chi connectivity index (χ1v) is 6.91. The van der Waals surface area contributed by atoms with Crippen LogP contribution in [-0.4, -0.2) is 32.2 Å². The Morgan fingerprint density at radius 2 is 2.00 bits per heavy atom. The van der Waals surface area contributed by atoms with Crippen molar-refractivity contribution < 1.29 is 22.7 Å². The Morgan fingerprint density at radius 1 is 1.29 bits per heavy atom. The summed E-state index contributed by atoms with van der Waals surface area (Å²) < 4.78 is 47.7. The van der Waals surface area contributed by atoms with Crippen LogP contribution >= 0.6 is 0 Å². The smallest absolute Gasteiger partial charge is 0.420 e. The van der Waals surface area contributed by atoms with Crippen LogP contribution in [0.4, 0.5) is 13.2 Å². The van der Waals surface area contributed by atoms with Crippen molar-refractivity contribution in [1.82, 2.24) is 19.2 Å². The Morgan fingerprint density at radius 3 is 2.62 bits per heavy atom. The van der Waals surface area contributed by atoms with Gasteiger partial charge in [0.2, 0.25) is 0 Å². The third-order valence-corrected chi connectivity index (χ3v) is 3.70. The summed E-state index contributed by atoms with van der Waals surface area (Å²) in [7, 11) is 2.29. The lowest BCUT2D eigenvalue weighted by atomic mass is 10.1. The number of carbonyl (C=O) groups is 1. The predicted molar refractivity (Wildman–Crippen MR) is 78.5 cm³/mol. The molecule has 6 nitrogen and oxygen atoms in total. The van der Waals surface area contributed by atoms with Gasteiger partial charge in [0.15, 0.2) is 5.69 Å². The highest BCUT2D eigenvalue weighted by atomic mass is 19.4. The Balaban J connectivity index is 2.38. The molecule has 0 radical (unpaired) electrons. The fourth-order valence-corrected chi connectivity index (χ4v) is 2.64. The largest absolute Gasteiger partial charge is 0.464 e. The van der Waals surface area contributed by atoms with Gasteiger partial charge in [0.05, 0.1) is 12.8 Å². The summed E-state index contributed by atoms with van der Waals surface area (Å²) in [5.41, 5.74) is -0.614. The van der Waals surface area contributed by atoms with Gasteiger partial charge < -0.3 is 4.74 Å². The second-order valence-electron chi connectivity index (χ2n) is 5.21. The van der Waals surface area contributed by atoms with Gasteiger partial charge >= 0.3 is 12.1 Å². The maximum atomic E-state index is 13.6. The summed E-state index contributed by atoms with van der Waals surface area (Å²) in [5, 5.41) is 3.92. The lowest BCUT2D eigenvalue weighted by Crippen LogP contribution is -2.16. The summed E-state index contributed by atoms with van der Waals surface area (Å²) in [5.74, 6) is -1.10. The monoisotopic (exact) mass is 338 g/mol. The molecule has 3 heterocycles. The van der Waals surface area contributed by atoms with Gasteiger partial charge in [-0.1, -0.05) is 6.07 Å². The zero-order chi connectivity index (χ0) is 17.6. The van der Waals surface area contributed by atoms with Crippen LogP contribution in [0.5, 0.6) is 0 Å². The molecule has 0 atom stereocenters. The van der Waals surface area contributed by atoms with Crippen molar-refractivity contribution >= 4 is 11.6 Å². The SMILES string of the molecule is COC(=O)c1c(C(F)(F)F)c(-c2ccc(C)c3nccn23)nn1C. The summed E-state index contributed by atoms with van der Waals surface area (Å²) in [6.07, 6.45) is -1.74. The molecule has 0 saturated heterocycles. The fraction of sp³-hybridized carbons (Fsp3) is 0.267. The number of rotatable bonds is 2. The van der Waals surface area contributed by atoms with Crippen LogP contribution < -0.4 is 0 Å². The number of imidazole rings is 1. The standard InChI is InChI=1S/C15H13F3N4O2/c1-8-4-5-9(22-7-6-19-13(8)22)11-10(15(16,17)18)12(14(23)24-3)21(2)20-11/h4-7H,1-3H3. The molecular formula is C15H13F3N4O2. The molecule has 3 aromatic rings. The number of carbonyl (C=O) groups excluding carboxylic acids is 1. The fourth-order valence-electron chi connectivity index (χ4n) is 2.64. The van der Waals surface area contributed by atoms with Crippen LogP contribution in [0.15, 0.2) is 24.5 Å². The number of nitrogens with zero attached hydrogens (tertiary/aromatic N) is 4. The van der Waals surface area contributed by atoms with Gasteiger partial charge in [-0.15, -0.1) is 0 Å². The molecule has 0 bridgehead atoms. The number of esters is 1. The zero-order valence-electron chi connectivity index (χ0n) is 13.0. The normalized spacial score (nSPS) is 11.9. The molecule has 3 aromatic heterocycles. The Hall–Kier alpha value is -2.84. The lowest BCUT2D eigenvalue weighted by molar-refractivity contribution is -0.137. The van der Waals surface area contributed by atoms with Crippen LogP contribution in [0.1, 0.15) is 21.6 Å². The van der Waals surface area contributed by atoms with Crippen LogP contribution in [0, 0.1) is 6.92 Å². The number of hydrogen-bond acceptors (Lipinski definition) is 4. The minimum atomic E-state index is -4.77. The Kier molecular flexibility index (Phi) is 3.58. The molecule has 0 aliphatic rings. The molecule has 0 aliphatic carbocycles. The van der Waals surface area contributed by atoms with E-state index in [1.807, 2.05) is 0 Å². The van der Waals surface area contributed by atoms with Crippen molar-refractivity contribution in [2.75, 3.05) is 7.11 Å². The minimum absolute atomic E-state index is 0.186. The van der Waals surface area contributed by atoms with E-state index in [2.05, 4.69) is 14.8 Å². The second-order valence-corrected chi connectivity index (χ2v) is 5.21. The predicted octanol–water partition coefficient (Wildman–Crippen LogP) is 2.85. The number of aryl methyl sites for hydroxylation is 2. The van der Waals surface area contributed by atoms with E-state index in [1.165, 1.54) is 23.7 Å². The molecule has 24 heavy (non-hydrogen) atoms. The van der Waals surface area contributed by atoms with Crippen LogP contribution in [0.3, 0.4) is 0 Å². The van der Waals surface area contributed by atoms with Gasteiger partial charge in [0.1, 0.15) is 16.9 Å². The van der Waals surface area contributed by atoms with Gasteiger partial charge in [-0.3, -0.25) is 9.08 Å². The van der Waals surface area contributed by atoms with Crippen molar-refractivity contribution in [3.63, 3.8) is 0 Å². The van der Waals surface area contributed by atoms with Gasteiger partial charge in [-0.2, -0.15) is 18.3 Å². The number of ether oxygens (including phenoxy) is 1. The molecule has 126 valence electrons. The molecule has 0 aliphatic heterocycles. The average molecular weight is 338 g/mol. The average Bonchev–Trinajstić information content (AvgIpc) is 3.11. The Bertz CT molecular complexity index is 940. The molecule has 0 aromatic carbocycles. The second kappa shape index (κ2) is 5.36. The first-order chi connectivity index (χ1) is 11.3. The van der Waals surface area contributed by atoms with Crippen molar-refractivity contribution in [2.24, 2.45) is 7.05 Å². The maximum Gasteiger partial charge on any atom is 0.420 e. The van der Waals surface area contributed by atoms with Crippen molar-refractivity contribution in [1.29, 1.82) is 0 Å². The first kappa shape index (κ1) is 16.0. The van der Waals surface area contributed by atoms with E-state index in [0.717, 1.165) is 17.4 Å². The van der Waals surface area contributed by atoms with Crippen molar-refractivity contribution in [3.8, 4) is 11.4 Å². The van der Waals surface area contributed by atoms with E-state index < -0.39 is 23.4 Å². The number of pyridine rings is 1. The van der Waals surface area contributed by atoms with Gasteiger partial charge in [-0.25, -0.2) is 9.78 Å². The van der Waals surface area contributed by atoms with E-state index in [-0.39, 0.29) is 11.4 Å². The number of alkyl halides is 3. The minimum Gasteiger partial charge on any atom is -0.464 e. The highest BCUT2D eigenvalue weighted by Gasteiger charge is 2.43. The molecule has 0 amide bonds. The maximum absolute atomic E-state index is 13.6. The molecular weight excluding hydrogens is 325 g/mol. The van der Waals surface area contributed by atoms with Crippen molar-refractivity contribution in [2.45, 2.75) is 13.1 Å². The molecule has 0 saturated carbocycles. The number of methoxy groups -OCH3 is 1. The summed E-state index contributed by atoms with van der Waals surface area (Å²) >= 11 is 0. The third-order valence-electron chi connectivity index (χ3n) is 3.70.